The third-order valence-electron chi connectivity index (χ3n) is 5.39. The molecule has 0 aliphatic carbocycles. The monoisotopic (exact) mass is 696 g/mol. The van der Waals surface area contributed by atoms with E-state index in [2.05, 4.69) is 20.6 Å². The molecule has 41 heavy (non-hydrogen) atoms. The van der Waals surface area contributed by atoms with Crippen molar-refractivity contribution in [2.75, 3.05) is 26.2 Å². The van der Waals surface area contributed by atoms with E-state index in [1.165, 1.54) is 0 Å². The van der Waals surface area contributed by atoms with E-state index in [0.717, 1.165) is 11.1 Å². The first-order valence-electron chi connectivity index (χ1n) is 12.7. The summed E-state index contributed by atoms with van der Waals surface area (Å²) in [6.07, 6.45) is 4.01. The number of phenolic OH excluding ortho intramolecular Hbond substituents is 2. The fraction of sp³-hybridized carbons (Fsp3) is 0.417. The normalized spacial score (nSPS) is 12.0. The van der Waals surface area contributed by atoms with Crippen molar-refractivity contribution in [3.05, 3.63) is 58.7 Å². The fourth-order valence-electron chi connectivity index (χ4n) is 3.44. The summed E-state index contributed by atoms with van der Waals surface area (Å²) in [5, 5.41) is 26.5. The molecule has 17 heteroatoms. The number of phenols is 2. The van der Waals surface area contributed by atoms with Crippen molar-refractivity contribution in [1.82, 2.24) is 10.6 Å². The molecule has 0 aromatic heterocycles. The van der Waals surface area contributed by atoms with Gasteiger partial charge >= 0.3 is 42.9 Å². The van der Waals surface area contributed by atoms with Gasteiger partial charge in [-0.1, -0.05) is 12.1 Å². The fourth-order valence-corrected chi connectivity index (χ4v) is 4.74. The van der Waals surface area contributed by atoms with Crippen molar-refractivity contribution in [2.24, 2.45) is 9.98 Å². The van der Waals surface area contributed by atoms with E-state index < -0.39 is 36.1 Å². The SMILES string of the molecule is Oc1ccc(CNCCC[Si](O)(O)O)cc1C=NCCN=Cc1cc(CNCCC[Si](O)(O)O)ccc1O.[O]=[Mo]=[O]. The van der Waals surface area contributed by atoms with Crippen molar-refractivity contribution < 1.29 is 64.3 Å². The molecule has 2 aromatic rings. The summed E-state index contributed by atoms with van der Waals surface area (Å²) >= 11 is -2.03. The number of benzene rings is 2. The molecule has 2 rings (SSSR count). The summed E-state index contributed by atoms with van der Waals surface area (Å²) in [5.41, 5.74) is 2.95. The molecule has 0 aliphatic rings. The maximum absolute atomic E-state index is 10.1. The first-order chi connectivity index (χ1) is 19.3. The third-order valence-corrected chi connectivity index (χ3v) is 7.44. The van der Waals surface area contributed by atoms with Crippen LogP contribution in [0.15, 0.2) is 46.4 Å². The van der Waals surface area contributed by atoms with Gasteiger partial charge in [0.05, 0.1) is 13.1 Å². The molecule has 10 N–H and O–H groups in total. The van der Waals surface area contributed by atoms with Gasteiger partial charge in [0.1, 0.15) is 11.5 Å². The number of hydrogen-bond acceptors (Lipinski definition) is 14. The predicted octanol–water partition coefficient (Wildman–Crippen LogP) is -0.813. The molecule has 0 aliphatic heterocycles. The Bertz CT molecular complexity index is 1070. The number of rotatable bonds is 17. The number of aromatic hydroxyl groups is 2. The van der Waals surface area contributed by atoms with Gasteiger partial charge in [0, 0.05) is 48.7 Å². The number of aliphatic imine (C=N–C) groups is 2. The first kappa shape index (κ1) is 36.8. The van der Waals surface area contributed by atoms with Gasteiger partial charge in [0.2, 0.25) is 0 Å². The number of nitrogens with zero attached hydrogens (tertiary/aromatic N) is 2. The quantitative estimate of drug-likeness (QED) is 0.0555. The Balaban J connectivity index is 0.00000268. The molecule has 0 fully saturated rings. The average molecular weight is 695 g/mol. The molecule has 14 nitrogen and oxygen atoms in total. The van der Waals surface area contributed by atoms with Crippen LogP contribution in [0.1, 0.15) is 35.1 Å². The van der Waals surface area contributed by atoms with Crippen LogP contribution in [-0.4, -0.2) is 95.2 Å². The summed E-state index contributed by atoms with van der Waals surface area (Å²) < 4.78 is 17.0. The molecule has 0 unspecified atom stereocenters. The van der Waals surface area contributed by atoms with Gasteiger partial charge in [-0.3, -0.25) is 9.98 Å². The van der Waals surface area contributed by atoms with E-state index in [1.54, 1.807) is 48.8 Å². The zero-order valence-corrected chi connectivity index (χ0v) is 26.4. The Hall–Kier alpha value is -2.22. The summed E-state index contributed by atoms with van der Waals surface area (Å²) in [6.45, 7) is 2.79. The van der Waals surface area contributed by atoms with Crippen molar-refractivity contribution in [1.29, 1.82) is 0 Å². The molecule has 228 valence electrons. The second kappa shape index (κ2) is 19.8. The molecule has 0 atom stereocenters. The zero-order valence-electron chi connectivity index (χ0n) is 22.4. The van der Waals surface area contributed by atoms with Gasteiger partial charge in [0.15, 0.2) is 0 Å². The summed E-state index contributed by atoms with van der Waals surface area (Å²) in [7, 11) is -8.00. The Kier molecular flexibility index (Phi) is 17.8. The summed E-state index contributed by atoms with van der Waals surface area (Å²) in [5.74, 6) is 0.192. The van der Waals surface area contributed by atoms with E-state index in [-0.39, 0.29) is 23.6 Å². The predicted molar refractivity (Wildman–Crippen MR) is 150 cm³/mol. The van der Waals surface area contributed by atoms with Crippen LogP contribution in [0, 0.1) is 0 Å². The van der Waals surface area contributed by atoms with E-state index in [1.807, 2.05) is 0 Å². The van der Waals surface area contributed by atoms with Crippen LogP contribution < -0.4 is 10.6 Å². The van der Waals surface area contributed by atoms with Gasteiger partial charge in [-0.05, 0) is 61.3 Å². The van der Waals surface area contributed by atoms with Crippen molar-refractivity contribution >= 4 is 30.0 Å². The molecule has 0 bridgehead atoms. The van der Waals surface area contributed by atoms with Crippen LogP contribution in [-0.2, 0) is 38.4 Å². The molecule has 0 amide bonds. The van der Waals surface area contributed by atoms with Gasteiger partial charge in [-0.15, -0.1) is 0 Å². The van der Waals surface area contributed by atoms with Crippen molar-refractivity contribution in [3.63, 3.8) is 0 Å². The van der Waals surface area contributed by atoms with Crippen LogP contribution in [0.2, 0.25) is 12.1 Å². The second-order valence-electron chi connectivity index (χ2n) is 9.03. The van der Waals surface area contributed by atoms with Crippen LogP contribution in [0.25, 0.3) is 0 Å². The average Bonchev–Trinajstić information content (AvgIpc) is 2.88. The minimum atomic E-state index is -4.00. The molecule has 2 aromatic carbocycles. The van der Waals surface area contributed by atoms with Crippen molar-refractivity contribution in [2.45, 2.75) is 38.0 Å². The van der Waals surface area contributed by atoms with E-state index in [9.17, 15) is 10.2 Å². The van der Waals surface area contributed by atoms with E-state index in [4.69, 9.17) is 35.6 Å². The maximum atomic E-state index is 10.1. The van der Waals surface area contributed by atoms with Crippen molar-refractivity contribution in [3.8, 4) is 11.5 Å². The summed E-state index contributed by atoms with van der Waals surface area (Å²) in [4.78, 5) is 62.7. The Morgan fingerprint density at radius 2 is 1.05 bits per heavy atom. The standard InChI is InChI=1S/C24H38N4O8Si2.Mo.2O/c29-23-5-3-19(15-25-7-1-11-37(31,32)33)13-21(23)17-27-9-10-28-18-22-14-20(4-6-24(22)30)16-26-8-2-12-38(34,35)36;;;/h3-6,13-14,17-18,25-26,29-36H,1-2,7-12,15-16H2;;;. The molecular weight excluding hydrogens is 656 g/mol. The Morgan fingerprint density at radius 3 is 1.39 bits per heavy atom. The molecular formula is C24H38MoN4O10Si2. The Labute approximate surface area is 248 Å². The number of nitrogens with one attached hydrogen (secondary N) is 2. The van der Waals surface area contributed by atoms with Crippen LogP contribution in [0.4, 0.5) is 0 Å². The summed E-state index contributed by atoms with van der Waals surface area (Å²) in [6, 6.07) is 10.2. The van der Waals surface area contributed by atoms with E-state index in [0.29, 0.717) is 63.2 Å². The topological polar surface area (TPSA) is 245 Å². The molecule has 0 saturated carbocycles. The second-order valence-corrected chi connectivity index (χ2v) is 13.5. The van der Waals surface area contributed by atoms with Gasteiger partial charge in [0.25, 0.3) is 0 Å². The van der Waals surface area contributed by atoms with Gasteiger partial charge in [-0.2, -0.15) is 0 Å². The molecule has 0 radical (unpaired) electrons. The molecule has 0 heterocycles. The van der Waals surface area contributed by atoms with E-state index >= 15 is 0 Å². The zero-order chi connectivity index (χ0) is 30.7. The van der Waals surface area contributed by atoms with Crippen LogP contribution in [0.3, 0.4) is 0 Å². The van der Waals surface area contributed by atoms with Gasteiger partial charge in [-0.25, -0.2) is 0 Å². The first-order valence-corrected chi connectivity index (χ1v) is 18.4. The number of hydrogen-bond donors (Lipinski definition) is 10. The van der Waals surface area contributed by atoms with Crippen LogP contribution >= 0.6 is 0 Å². The Morgan fingerprint density at radius 1 is 0.683 bits per heavy atom. The molecule has 0 spiro atoms. The van der Waals surface area contributed by atoms with Gasteiger partial charge < -0.3 is 49.6 Å². The minimum absolute atomic E-state index is 0.0237. The van der Waals surface area contributed by atoms with Crippen LogP contribution in [0.5, 0.6) is 11.5 Å². The molecule has 0 saturated heterocycles. The third kappa shape index (κ3) is 18.8.